The van der Waals surface area contributed by atoms with Gasteiger partial charge in [0.05, 0.1) is 35.8 Å². The van der Waals surface area contributed by atoms with Crippen molar-refractivity contribution in [1.82, 2.24) is 0 Å². The summed E-state index contributed by atoms with van der Waals surface area (Å²) < 4.78 is 0. The molecule has 0 saturated heterocycles. The summed E-state index contributed by atoms with van der Waals surface area (Å²) in [4.78, 5) is 53.6. The monoisotopic (exact) mass is 790 g/mol. The van der Waals surface area contributed by atoms with Gasteiger partial charge in [-0.15, -0.1) is 0 Å². The van der Waals surface area contributed by atoms with Crippen LogP contribution < -0.4 is 30.6 Å². The van der Waals surface area contributed by atoms with Gasteiger partial charge in [-0.1, -0.05) is 0 Å². The molecule has 0 bridgehead atoms. The van der Waals surface area contributed by atoms with Gasteiger partial charge in [-0.05, 0) is 0 Å². The van der Waals surface area contributed by atoms with Crippen molar-refractivity contribution in [3.8, 4) is 0 Å². The largest absolute Gasteiger partial charge is 3.00 e. The van der Waals surface area contributed by atoms with Gasteiger partial charge >= 0.3 is 52.4 Å². The van der Waals surface area contributed by atoms with Crippen LogP contribution in [0.15, 0.2) is 0 Å². The first-order chi connectivity index (χ1) is 7.93. The molecule has 0 aliphatic carbocycles. The SMILES string of the molecule is O.O.O.O.O.O.O=C([O-])C(=O)[O-].O=C([O-])C(=O)[O-].O=C([O-])C(=O)[O-].[Bi+3].[Bi+3]. The molecular formula is C6H12Bi2O18. The van der Waals surface area contributed by atoms with Crippen molar-refractivity contribution < 1.29 is 92.3 Å². The van der Waals surface area contributed by atoms with Gasteiger partial charge in [0, 0.05) is 0 Å². The maximum atomic E-state index is 8.93. The van der Waals surface area contributed by atoms with E-state index in [-0.39, 0.29) is 85.3 Å². The van der Waals surface area contributed by atoms with Gasteiger partial charge in [-0.2, -0.15) is 0 Å². The summed E-state index contributed by atoms with van der Waals surface area (Å²) in [5.74, 6) is -13.1. The quantitative estimate of drug-likeness (QED) is 0.163. The molecule has 0 rings (SSSR count). The molecule has 0 atom stereocenters. The van der Waals surface area contributed by atoms with Crippen molar-refractivity contribution in [2.75, 3.05) is 0 Å². The summed E-state index contributed by atoms with van der Waals surface area (Å²) in [6.45, 7) is 0. The molecule has 0 spiro atoms. The zero-order valence-corrected chi connectivity index (χ0v) is 18.7. The summed E-state index contributed by atoms with van der Waals surface area (Å²) in [5, 5.41) is 53.6. The summed E-state index contributed by atoms with van der Waals surface area (Å²) in [6.07, 6.45) is 0. The summed E-state index contributed by atoms with van der Waals surface area (Å²) in [5.41, 5.74) is 0. The Morgan fingerprint density at radius 1 is 0.308 bits per heavy atom. The molecule has 0 heterocycles. The summed E-state index contributed by atoms with van der Waals surface area (Å²) in [7, 11) is 0. The zero-order valence-electron chi connectivity index (χ0n) is 11.8. The fourth-order valence-corrected chi connectivity index (χ4v) is 0. The third-order valence-electron chi connectivity index (χ3n) is 0.500. The van der Waals surface area contributed by atoms with Crippen LogP contribution in [0.2, 0.25) is 0 Å². The molecule has 26 heavy (non-hydrogen) atoms. The molecule has 20 heteroatoms. The van der Waals surface area contributed by atoms with Crippen molar-refractivity contribution in [1.29, 1.82) is 0 Å². The first-order valence-electron chi connectivity index (χ1n) is 3.20. The topological polar surface area (TPSA) is 430 Å². The average Bonchev–Trinajstić information content (AvgIpc) is 2.18. The van der Waals surface area contributed by atoms with E-state index in [9.17, 15) is 0 Å². The Labute approximate surface area is 180 Å². The Kier molecular flexibility index (Phi) is 125. The molecule has 0 aliphatic rings. The molecule has 0 aliphatic heterocycles. The first kappa shape index (κ1) is 74.5. The average molecular weight is 790 g/mol. The molecule has 0 unspecified atom stereocenters. The van der Waals surface area contributed by atoms with Crippen LogP contribution in [0.5, 0.6) is 0 Å². The Hall–Kier alpha value is -1.65. The minimum Gasteiger partial charge on any atom is -0.543 e. The Morgan fingerprint density at radius 2 is 0.346 bits per heavy atom. The minimum atomic E-state index is -2.19. The van der Waals surface area contributed by atoms with E-state index in [1.807, 2.05) is 0 Å². The maximum Gasteiger partial charge on any atom is 3.00 e. The molecule has 0 aromatic heterocycles. The van der Waals surface area contributed by atoms with Crippen molar-refractivity contribution in [2.24, 2.45) is 0 Å². The summed E-state index contributed by atoms with van der Waals surface area (Å²) >= 11 is 0. The number of aliphatic carboxylic acids is 6. The van der Waals surface area contributed by atoms with Crippen LogP contribution >= 0.6 is 0 Å². The Morgan fingerprint density at radius 3 is 0.346 bits per heavy atom. The molecular weight excluding hydrogens is 778 g/mol. The first-order valence-corrected chi connectivity index (χ1v) is 3.20. The molecule has 18 nitrogen and oxygen atoms in total. The van der Waals surface area contributed by atoms with Crippen molar-refractivity contribution in [2.45, 2.75) is 0 Å². The number of carboxylic acid groups (broad SMARTS) is 6. The van der Waals surface area contributed by atoms with E-state index < -0.39 is 35.8 Å². The van der Waals surface area contributed by atoms with Crippen molar-refractivity contribution >= 4 is 88.2 Å². The predicted octanol–water partition coefficient (Wildman–Crippen LogP) is -16.3. The van der Waals surface area contributed by atoms with Gasteiger partial charge in [-0.25, -0.2) is 0 Å². The van der Waals surface area contributed by atoms with Crippen LogP contribution in [0.4, 0.5) is 0 Å². The second-order valence-electron chi connectivity index (χ2n) is 1.72. The van der Waals surface area contributed by atoms with E-state index >= 15 is 0 Å². The van der Waals surface area contributed by atoms with Crippen LogP contribution in [0, 0.1) is 0 Å². The third kappa shape index (κ3) is 95.1. The van der Waals surface area contributed by atoms with Crippen LogP contribution in [0.3, 0.4) is 0 Å². The van der Waals surface area contributed by atoms with E-state index in [0.29, 0.717) is 0 Å². The van der Waals surface area contributed by atoms with E-state index in [2.05, 4.69) is 0 Å². The Balaban J connectivity index is -0.0000000125. The molecule has 12 N–H and O–H groups in total. The van der Waals surface area contributed by atoms with E-state index in [4.69, 9.17) is 59.4 Å². The maximum absolute atomic E-state index is 8.93. The summed E-state index contributed by atoms with van der Waals surface area (Å²) in [6, 6.07) is 0. The van der Waals surface area contributed by atoms with E-state index in [1.54, 1.807) is 0 Å². The van der Waals surface area contributed by atoms with E-state index in [0.717, 1.165) is 0 Å². The van der Waals surface area contributed by atoms with Gasteiger partial charge < -0.3 is 92.3 Å². The molecule has 0 fully saturated rings. The third-order valence-corrected chi connectivity index (χ3v) is 0.500. The van der Waals surface area contributed by atoms with Crippen LogP contribution in [0.25, 0.3) is 0 Å². The second-order valence-corrected chi connectivity index (χ2v) is 1.72. The number of carbonyl (C=O) groups is 6. The molecule has 0 aromatic carbocycles. The van der Waals surface area contributed by atoms with Crippen LogP contribution in [-0.4, -0.2) is 121 Å². The molecule has 154 valence electrons. The van der Waals surface area contributed by atoms with Gasteiger partial charge in [-0.3, -0.25) is 0 Å². The molecule has 0 amide bonds. The standard InChI is InChI=1S/3C2H2O4.2Bi.6H2O/c3*3-1(4)2(5)6;;;;;;;;/h3*(H,3,4)(H,5,6);;;6*1H2/q;;;2*+3;;;;;;/p-6. The predicted molar refractivity (Wildman–Crippen MR) is 63.2 cm³/mol. The zero-order chi connectivity index (χ0) is 15.5. The number of carbonyl (C=O) groups excluding carboxylic acids is 6. The van der Waals surface area contributed by atoms with Gasteiger partial charge in [0.15, 0.2) is 0 Å². The van der Waals surface area contributed by atoms with Crippen LogP contribution in [0.1, 0.15) is 0 Å². The molecule has 0 saturated carbocycles. The fraction of sp³-hybridized carbons (Fsp3) is 0. The number of hydrogen-bond acceptors (Lipinski definition) is 12. The smallest absolute Gasteiger partial charge is 0.543 e. The minimum absolute atomic E-state index is 0. The van der Waals surface area contributed by atoms with Gasteiger partial charge in [0.2, 0.25) is 0 Å². The number of rotatable bonds is 0. The van der Waals surface area contributed by atoms with Crippen LogP contribution in [-0.2, 0) is 28.8 Å². The van der Waals surface area contributed by atoms with Crippen molar-refractivity contribution in [3.63, 3.8) is 0 Å². The molecule has 4 radical (unpaired) electrons. The van der Waals surface area contributed by atoms with Gasteiger partial charge in [0.1, 0.15) is 0 Å². The normalized spacial score (nSPS) is 5.08. The van der Waals surface area contributed by atoms with Gasteiger partial charge in [0.25, 0.3) is 0 Å². The second kappa shape index (κ2) is 43.6. The van der Waals surface area contributed by atoms with Crippen molar-refractivity contribution in [3.05, 3.63) is 0 Å². The fourth-order valence-electron chi connectivity index (χ4n) is 0. The Bertz CT molecular complexity index is 285. The number of hydrogen-bond donors (Lipinski definition) is 0. The molecule has 0 aromatic rings. The van der Waals surface area contributed by atoms with E-state index in [1.165, 1.54) is 0 Å². The number of carboxylic acids is 6.